The Bertz CT molecular complexity index is 284. The predicted molar refractivity (Wildman–Crippen MR) is 53.2 cm³/mol. The van der Waals surface area contributed by atoms with Crippen LogP contribution in [0.1, 0.15) is 19.8 Å². The van der Waals surface area contributed by atoms with Gasteiger partial charge in [0.1, 0.15) is 12.1 Å². The van der Waals surface area contributed by atoms with Gasteiger partial charge >= 0.3 is 5.97 Å². The van der Waals surface area contributed by atoms with Gasteiger partial charge in [0, 0.05) is 6.54 Å². The summed E-state index contributed by atoms with van der Waals surface area (Å²) in [6.07, 6.45) is 1.93. The molecule has 2 rings (SSSR count). The molecule has 1 atom stereocenters. The van der Waals surface area contributed by atoms with Gasteiger partial charge < -0.3 is 15.0 Å². The van der Waals surface area contributed by atoms with Crippen molar-refractivity contribution >= 4 is 11.9 Å². The summed E-state index contributed by atoms with van der Waals surface area (Å²) in [5.41, 5.74) is -0.341. The number of nitrogens with one attached hydrogen (secondary N) is 1. The lowest BCUT2D eigenvalue weighted by Crippen LogP contribution is -2.71. The normalized spacial score (nSPS) is 29.4. The van der Waals surface area contributed by atoms with E-state index in [-0.39, 0.29) is 24.0 Å². The van der Waals surface area contributed by atoms with Crippen molar-refractivity contribution in [3.8, 4) is 0 Å². The van der Waals surface area contributed by atoms with Crippen LogP contribution in [0.2, 0.25) is 0 Å². The fourth-order valence-corrected chi connectivity index (χ4v) is 2.29. The third-order valence-electron chi connectivity index (χ3n) is 3.03. The standard InChI is InChI=1S/C10H16N2O3/c1-2-15-8(13)6-12-7-10(9(12)14)4-3-5-11-10/h11H,2-7H2,1H3. The van der Waals surface area contributed by atoms with Gasteiger partial charge in [-0.3, -0.25) is 9.59 Å². The number of β-lactam (4-membered cyclic amide) rings is 1. The highest BCUT2D eigenvalue weighted by atomic mass is 16.5. The van der Waals surface area contributed by atoms with Crippen LogP contribution in [0.25, 0.3) is 0 Å². The monoisotopic (exact) mass is 212 g/mol. The van der Waals surface area contributed by atoms with E-state index in [1.165, 1.54) is 0 Å². The summed E-state index contributed by atoms with van der Waals surface area (Å²) in [4.78, 5) is 24.5. The molecule has 1 unspecified atom stereocenters. The van der Waals surface area contributed by atoms with Gasteiger partial charge in [-0.05, 0) is 26.3 Å². The fraction of sp³-hybridized carbons (Fsp3) is 0.800. The third kappa shape index (κ3) is 1.71. The van der Waals surface area contributed by atoms with Gasteiger partial charge in [-0.25, -0.2) is 0 Å². The molecule has 0 aromatic carbocycles. The number of likely N-dealkylation sites (tertiary alicyclic amines) is 1. The zero-order chi connectivity index (χ0) is 10.9. The van der Waals surface area contributed by atoms with Crippen LogP contribution in [0.4, 0.5) is 0 Å². The predicted octanol–water partition coefficient (Wildman–Crippen LogP) is -0.486. The Morgan fingerprint density at radius 2 is 2.47 bits per heavy atom. The van der Waals surface area contributed by atoms with Crippen molar-refractivity contribution in [1.29, 1.82) is 0 Å². The van der Waals surface area contributed by atoms with E-state index in [1.807, 2.05) is 0 Å². The number of carbonyl (C=O) groups is 2. The van der Waals surface area contributed by atoms with Crippen LogP contribution in [0.5, 0.6) is 0 Å². The Hall–Kier alpha value is -1.10. The van der Waals surface area contributed by atoms with Crippen molar-refractivity contribution in [2.75, 3.05) is 26.2 Å². The van der Waals surface area contributed by atoms with Crippen LogP contribution in [0.3, 0.4) is 0 Å². The van der Waals surface area contributed by atoms with Crippen molar-refractivity contribution in [3.05, 3.63) is 0 Å². The number of rotatable bonds is 3. The third-order valence-corrected chi connectivity index (χ3v) is 3.03. The Kier molecular flexibility index (Phi) is 2.65. The summed E-state index contributed by atoms with van der Waals surface area (Å²) < 4.78 is 4.79. The van der Waals surface area contributed by atoms with E-state index in [2.05, 4.69) is 5.32 Å². The number of hydrogen-bond acceptors (Lipinski definition) is 4. The van der Waals surface area contributed by atoms with Crippen LogP contribution in [0, 0.1) is 0 Å². The maximum Gasteiger partial charge on any atom is 0.325 e. The molecule has 0 radical (unpaired) electrons. The molecule has 84 valence electrons. The molecule has 2 saturated heterocycles. The number of hydrogen-bond donors (Lipinski definition) is 1. The zero-order valence-electron chi connectivity index (χ0n) is 8.91. The molecular formula is C10H16N2O3. The smallest absolute Gasteiger partial charge is 0.325 e. The van der Waals surface area contributed by atoms with Gasteiger partial charge in [0.05, 0.1) is 6.61 Å². The molecule has 0 saturated carbocycles. The molecule has 2 aliphatic heterocycles. The number of amides is 1. The van der Waals surface area contributed by atoms with E-state index >= 15 is 0 Å². The van der Waals surface area contributed by atoms with E-state index in [4.69, 9.17) is 4.74 Å². The van der Waals surface area contributed by atoms with Crippen LogP contribution in [-0.4, -0.2) is 48.6 Å². The van der Waals surface area contributed by atoms with Crippen molar-refractivity contribution in [2.45, 2.75) is 25.3 Å². The molecule has 2 heterocycles. The first-order chi connectivity index (χ1) is 7.18. The second-order valence-electron chi connectivity index (χ2n) is 4.08. The first kappa shape index (κ1) is 10.4. The summed E-state index contributed by atoms with van der Waals surface area (Å²) in [7, 11) is 0. The highest BCUT2D eigenvalue weighted by molar-refractivity contribution is 5.95. The number of esters is 1. The van der Waals surface area contributed by atoms with Crippen molar-refractivity contribution in [3.63, 3.8) is 0 Å². The van der Waals surface area contributed by atoms with Crippen molar-refractivity contribution < 1.29 is 14.3 Å². The van der Waals surface area contributed by atoms with Gasteiger partial charge in [-0.2, -0.15) is 0 Å². The van der Waals surface area contributed by atoms with Gasteiger partial charge in [0.15, 0.2) is 0 Å². The average molecular weight is 212 g/mol. The average Bonchev–Trinajstić information content (AvgIpc) is 2.68. The molecule has 1 spiro atoms. The van der Waals surface area contributed by atoms with Crippen LogP contribution in [0.15, 0.2) is 0 Å². The summed E-state index contributed by atoms with van der Waals surface area (Å²) >= 11 is 0. The van der Waals surface area contributed by atoms with E-state index in [1.54, 1.807) is 11.8 Å². The van der Waals surface area contributed by atoms with E-state index in [0.29, 0.717) is 13.2 Å². The van der Waals surface area contributed by atoms with Crippen LogP contribution < -0.4 is 5.32 Å². The maximum atomic E-state index is 11.8. The van der Waals surface area contributed by atoms with Gasteiger partial charge in [-0.15, -0.1) is 0 Å². The van der Waals surface area contributed by atoms with E-state index in [9.17, 15) is 9.59 Å². The molecule has 0 bridgehead atoms. The SMILES string of the molecule is CCOC(=O)CN1CC2(CCCN2)C1=O. The van der Waals surface area contributed by atoms with Crippen LogP contribution >= 0.6 is 0 Å². The Morgan fingerprint density at radius 1 is 1.67 bits per heavy atom. The van der Waals surface area contributed by atoms with Crippen molar-refractivity contribution in [2.24, 2.45) is 0 Å². The van der Waals surface area contributed by atoms with Crippen LogP contribution in [-0.2, 0) is 14.3 Å². The minimum Gasteiger partial charge on any atom is -0.465 e. The highest BCUT2D eigenvalue weighted by Crippen LogP contribution is 2.30. The first-order valence-electron chi connectivity index (χ1n) is 5.38. The second kappa shape index (κ2) is 3.81. The quantitative estimate of drug-likeness (QED) is 0.507. The van der Waals surface area contributed by atoms with E-state index in [0.717, 1.165) is 19.4 Å². The largest absolute Gasteiger partial charge is 0.465 e. The first-order valence-corrected chi connectivity index (χ1v) is 5.38. The Labute approximate surface area is 88.8 Å². The Morgan fingerprint density at radius 3 is 3.00 bits per heavy atom. The van der Waals surface area contributed by atoms with E-state index < -0.39 is 0 Å². The molecule has 1 amide bonds. The second-order valence-corrected chi connectivity index (χ2v) is 4.08. The van der Waals surface area contributed by atoms with Gasteiger partial charge in [0.2, 0.25) is 5.91 Å². The molecule has 0 aromatic heterocycles. The minimum atomic E-state index is -0.341. The molecule has 5 heteroatoms. The Balaban J connectivity index is 1.84. The zero-order valence-corrected chi connectivity index (χ0v) is 8.91. The maximum absolute atomic E-state index is 11.8. The number of ether oxygens (including phenoxy) is 1. The highest BCUT2D eigenvalue weighted by Gasteiger charge is 2.53. The lowest BCUT2D eigenvalue weighted by atomic mass is 9.87. The minimum absolute atomic E-state index is 0.0491. The lowest BCUT2D eigenvalue weighted by molar-refractivity contribution is -0.160. The summed E-state index contributed by atoms with van der Waals surface area (Å²) in [5.74, 6) is -0.272. The summed E-state index contributed by atoms with van der Waals surface area (Å²) in [6, 6.07) is 0. The molecule has 15 heavy (non-hydrogen) atoms. The molecule has 2 fully saturated rings. The number of nitrogens with zero attached hydrogens (tertiary/aromatic N) is 1. The molecule has 1 N–H and O–H groups in total. The van der Waals surface area contributed by atoms with Crippen molar-refractivity contribution in [1.82, 2.24) is 10.2 Å². The molecule has 0 aromatic rings. The summed E-state index contributed by atoms with van der Waals surface area (Å²) in [5, 5.41) is 3.21. The topological polar surface area (TPSA) is 58.6 Å². The number of carbonyl (C=O) groups excluding carboxylic acids is 2. The molecule has 0 aliphatic carbocycles. The van der Waals surface area contributed by atoms with Gasteiger partial charge in [0.25, 0.3) is 0 Å². The molecular weight excluding hydrogens is 196 g/mol. The lowest BCUT2D eigenvalue weighted by Gasteiger charge is -2.46. The molecule has 2 aliphatic rings. The van der Waals surface area contributed by atoms with Gasteiger partial charge in [-0.1, -0.05) is 0 Å². The molecule has 5 nitrogen and oxygen atoms in total. The fourth-order valence-electron chi connectivity index (χ4n) is 2.29. The summed E-state index contributed by atoms with van der Waals surface area (Å²) in [6.45, 7) is 3.76.